The van der Waals surface area contributed by atoms with Crippen LogP contribution < -0.4 is 4.74 Å². The zero-order valence-corrected chi connectivity index (χ0v) is 15.1. The Morgan fingerprint density at radius 1 is 0.963 bits per heavy atom. The predicted molar refractivity (Wildman–Crippen MR) is 98.7 cm³/mol. The first-order valence-corrected chi connectivity index (χ1v) is 8.84. The first kappa shape index (κ1) is 18.6. The second kappa shape index (κ2) is 8.49. The molecule has 0 aliphatic carbocycles. The fourth-order valence-corrected chi connectivity index (χ4v) is 3.07. The lowest BCUT2D eigenvalue weighted by molar-refractivity contribution is -0.143. The minimum atomic E-state index is -0.316. The molecule has 0 radical (unpaired) electrons. The molecule has 0 atom stereocenters. The fraction of sp³-hybridized carbons (Fsp3) is 0.286. The lowest BCUT2D eigenvalue weighted by Crippen LogP contribution is -2.31. The summed E-state index contributed by atoms with van der Waals surface area (Å²) >= 11 is 0. The highest BCUT2D eigenvalue weighted by atomic mass is 16.5. The van der Waals surface area contributed by atoms with E-state index in [9.17, 15) is 14.4 Å². The molecule has 27 heavy (non-hydrogen) atoms. The summed E-state index contributed by atoms with van der Waals surface area (Å²) in [5, 5.41) is 0. The van der Waals surface area contributed by atoms with Gasteiger partial charge in [0.15, 0.2) is 0 Å². The van der Waals surface area contributed by atoms with E-state index in [2.05, 4.69) is 0 Å². The molecular formula is C21H21NO5. The Morgan fingerprint density at radius 2 is 1.59 bits per heavy atom. The molecule has 6 nitrogen and oxygen atoms in total. The van der Waals surface area contributed by atoms with Crippen LogP contribution in [0.25, 0.3) is 0 Å². The normalized spacial score (nSPS) is 12.9. The van der Waals surface area contributed by atoms with Crippen LogP contribution in [0.1, 0.15) is 39.1 Å². The Bertz CT molecular complexity index is 826. The molecule has 2 amide bonds. The van der Waals surface area contributed by atoms with Crippen molar-refractivity contribution in [2.24, 2.45) is 0 Å². The van der Waals surface area contributed by atoms with Gasteiger partial charge in [0.2, 0.25) is 0 Å². The lowest BCUT2D eigenvalue weighted by Gasteiger charge is -2.13. The van der Waals surface area contributed by atoms with Crippen LogP contribution in [0.5, 0.6) is 5.75 Å². The van der Waals surface area contributed by atoms with E-state index in [1.54, 1.807) is 31.4 Å². The molecule has 1 aliphatic heterocycles. The van der Waals surface area contributed by atoms with Gasteiger partial charge in [0, 0.05) is 13.0 Å². The number of carbonyl (C=O) groups is 3. The zero-order valence-electron chi connectivity index (χ0n) is 15.1. The molecule has 1 aliphatic rings. The molecule has 2 aromatic rings. The van der Waals surface area contributed by atoms with Crippen molar-refractivity contribution in [1.29, 1.82) is 0 Å². The van der Waals surface area contributed by atoms with E-state index >= 15 is 0 Å². The predicted octanol–water partition coefficient (Wildman–Crippen LogP) is 2.86. The van der Waals surface area contributed by atoms with Crippen molar-refractivity contribution in [2.75, 3.05) is 20.3 Å². The zero-order chi connectivity index (χ0) is 19.2. The van der Waals surface area contributed by atoms with Crippen molar-refractivity contribution in [3.05, 3.63) is 65.2 Å². The van der Waals surface area contributed by atoms with Crippen LogP contribution in [-0.2, 0) is 16.0 Å². The smallest absolute Gasteiger partial charge is 0.306 e. The number of para-hydroxylation sites is 1. The SMILES string of the molecule is COc1ccccc1CCC(=O)OCCCN1C(=O)c2ccccc2C1=O. The highest BCUT2D eigenvalue weighted by Crippen LogP contribution is 2.22. The molecule has 140 valence electrons. The van der Waals surface area contributed by atoms with E-state index in [1.807, 2.05) is 24.3 Å². The molecule has 2 aromatic carbocycles. The van der Waals surface area contributed by atoms with Crippen molar-refractivity contribution >= 4 is 17.8 Å². The number of aryl methyl sites for hydroxylation is 1. The summed E-state index contributed by atoms with van der Waals surface area (Å²) in [6, 6.07) is 14.3. The molecule has 0 spiro atoms. The third-order valence-corrected chi connectivity index (χ3v) is 4.46. The summed E-state index contributed by atoms with van der Waals surface area (Å²) in [6.45, 7) is 0.393. The maximum absolute atomic E-state index is 12.2. The average Bonchev–Trinajstić information content (AvgIpc) is 2.94. The Kier molecular flexibility index (Phi) is 5.86. The van der Waals surface area contributed by atoms with Gasteiger partial charge < -0.3 is 9.47 Å². The number of imide groups is 1. The van der Waals surface area contributed by atoms with Crippen LogP contribution in [0.15, 0.2) is 48.5 Å². The maximum Gasteiger partial charge on any atom is 0.306 e. The number of methoxy groups -OCH3 is 1. The summed E-state index contributed by atoms with van der Waals surface area (Å²) in [5.74, 6) is -0.157. The number of benzene rings is 2. The fourth-order valence-electron chi connectivity index (χ4n) is 3.07. The molecule has 0 fully saturated rings. The molecule has 0 N–H and O–H groups in total. The van der Waals surface area contributed by atoms with Gasteiger partial charge in [-0.25, -0.2) is 0 Å². The van der Waals surface area contributed by atoms with Gasteiger partial charge in [-0.15, -0.1) is 0 Å². The molecule has 0 saturated carbocycles. The average molecular weight is 367 g/mol. The summed E-state index contributed by atoms with van der Waals surface area (Å²) in [7, 11) is 1.59. The van der Waals surface area contributed by atoms with E-state index in [1.165, 1.54) is 4.90 Å². The van der Waals surface area contributed by atoms with E-state index in [0.29, 0.717) is 24.0 Å². The van der Waals surface area contributed by atoms with Crippen molar-refractivity contribution < 1.29 is 23.9 Å². The van der Waals surface area contributed by atoms with Crippen LogP contribution >= 0.6 is 0 Å². The quantitative estimate of drug-likeness (QED) is 0.408. The van der Waals surface area contributed by atoms with Gasteiger partial charge in [0.25, 0.3) is 11.8 Å². The number of esters is 1. The minimum absolute atomic E-state index is 0.165. The maximum atomic E-state index is 12.2. The summed E-state index contributed by atoms with van der Waals surface area (Å²) in [4.78, 5) is 37.6. The second-order valence-corrected chi connectivity index (χ2v) is 6.19. The first-order chi connectivity index (χ1) is 13.1. The van der Waals surface area contributed by atoms with E-state index in [4.69, 9.17) is 9.47 Å². The highest BCUT2D eigenvalue weighted by molar-refractivity contribution is 6.21. The number of fused-ring (bicyclic) bond motifs is 1. The molecule has 6 heteroatoms. The Balaban J connectivity index is 1.41. The highest BCUT2D eigenvalue weighted by Gasteiger charge is 2.34. The molecule has 0 bridgehead atoms. The lowest BCUT2D eigenvalue weighted by atomic mass is 10.1. The van der Waals surface area contributed by atoms with Gasteiger partial charge in [-0.05, 0) is 36.6 Å². The molecule has 0 saturated heterocycles. The summed E-state index contributed by atoms with van der Waals surface area (Å²) in [5.41, 5.74) is 1.80. The van der Waals surface area contributed by atoms with Crippen LogP contribution in [0, 0.1) is 0 Å². The molecule has 0 aromatic heterocycles. The third-order valence-electron chi connectivity index (χ3n) is 4.46. The van der Waals surface area contributed by atoms with Crippen LogP contribution in [0.4, 0.5) is 0 Å². The number of ether oxygens (including phenoxy) is 2. The first-order valence-electron chi connectivity index (χ1n) is 8.84. The van der Waals surface area contributed by atoms with Crippen LogP contribution in [0.2, 0.25) is 0 Å². The molecule has 1 heterocycles. The monoisotopic (exact) mass is 367 g/mol. The van der Waals surface area contributed by atoms with Gasteiger partial charge in [-0.3, -0.25) is 19.3 Å². The number of amides is 2. The molecular weight excluding hydrogens is 346 g/mol. The number of hydrogen-bond donors (Lipinski definition) is 0. The Morgan fingerprint density at radius 3 is 2.26 bits per heavy atom. The van der Waals surface area contributed by atoms with Crippen molar-refractivity contribution in [1.82, 2.24) is 4.90 Å². The van der Waals surface area contributed by atoms with Gasteiger partial charge >= 0.3 is 5.97 Å². The number of carbonyl (C=O) groups excluding carboxylic acids is 3. The standard InChI is InChI=1S/C21H21NO5/c1-26-18-10-5-2-7-15(18)11-12-19(23)27-14-6-13-22-20(24)16-8-3-4-9-17(16)21(22)25/h2-5,7-10H,6,11-14H2,1H3. The molecule has 0 unspecified atom stereocenters. The van der Waals surface area contributed by atoms with Crippen LogP contribution in [0.3, 0.4) is 0 Å². The van der Waals surface area contributed by atoms with Crippen molar-refractivity contribution in [2.45, 2.75) is 19.3 Å². The van der Waals surface area contributed by atoms with Crippen molar-refractivity contribution in [3.8, 4) is 5.75 Å². The topological polar surface area (TPSA) is 72.9 Å². The van der Waals surface area contributed by atoms with Gasteiger partial charge in [-0.2, -0.15) is 0 Å². The summed E-state index contributed by atoms with van der Waals surface area (Å²) in [6.07, 6.45) is 1.18. The largest absolute Gasteiger partial charge is 0.496 e. The second-order valence-electron chi connectivity index (χ2n) is 6.19. The Hall–Kier alpha value is -3.15. The van der Waals surface area contributed by atoms with E-state index in [-0.39, 0.29) is 37.4 Å². The van der Waals surface area contributed by atoms with Gasteiger partial charge in [0.05, 0.1) is 24.8 Å². The minimum Gasteiger partial charge on any atom is -0.496 e. The third kappa shape index (κ3) is 4.16. The van der Waals surface area contributed by atoms with Crippen LogP contribution in [-0.4, -0.2) is 42.9 Å². The van der Waals surface area contributed by atoms with Gasteiger partial charge in [-0.1, -0.05) is 30.3 Å². The Labute approximate surface area is 157 Å². The van der Waals surface area contributed by atoms with Crippen molar-refractivity contribution in [3.63, 3.8) is 0 Å². The van der Waals surface area contributed by atoms with E-state index in [0.717, 1.165) is 11.3 Å². The number of hydrogen-bond acceptors (Lipinski definition) is 5. The van der Waals surface area contributed by atoms with Gasteiger partial charge in [0.1, 0.15) is 5.75 Å². The van der Waals surface area contributed by atoms with E-state index < -0.39 is 0 Å². The summed E-state index contributed by atoms with van der Waals surface area (Å²) < 4.78 is 10.5. The number of rotatable bonds is 8. The molecule has 3 rings (SSSR count). The number of nitrogens with zero attached hydrogens (tertiary/aromatic N) is 1.